The summed E-state index contributed by atoms with van der Waals surface area (Å²) in [5.41, 5.74) is 20.0. The first-order valence-corrected chi connectivity index (χ1v) is 11.3. The van der Waals surface area contributed by atoms with Gasteiger partial charge in [-0.3, -0.25) is 4.79 Å². The number of hydrogen-bond acceptors (Lipinski definition) is 7. The van der Waals surface area contributed by atoms with E-state index in [1.54, 1.807) is 0 Å². The van der Waals surface area contributed by atoms with E-state index >= 15 is 0 Å². The van der Waals surface area contributed by atoms with Gasteiger partial charge in [0.05, 0.1) is 16.8 Å². The fraction of sp³-hybridized carbons (Fsp3) is 0.409. The van der Waals surface area contributed by atoms with E-state index in [0.29, 0.717) is 40.0 Å². The standard InChI is InChI=1S/C19H23ClN6OS.C3H8/c1-9-4-5-10(6-11(9)20)14-12-13(22)15(16(23)27)28-17(12)26-18(25-14)24-8-19(2,3)7-21;1-3-2/h4-6H,7-8,21-22H2,1-3H3,(H2,23,27)(H,24,25,26);3H2,1-2H3. The van der Waals surface area contributed by atoms with E-state index in [0.717, 1.165) is 22.5 Å². The summed E-state index contributed by atoms with van der Waals surface area (Å²) in [5, 5.41) is 4.45. The molecule has 0 aliphatic rings. The van der Waals surface area contributed by atoms with E-state index in [9.17, 15) is 4.79 Å². The summed E-state index contributed by atoms with van der Waals surface area (Å²) >= 11 is 7.47. The zero-order valence-electron chi connectivity index (χ0n) is 18.7. The highest BCUT2D eigenvalue weighted by Crippen LogP contribution is 2.39. The van der Waals surface area contributed by atoms with Crippen molar-refractivity contribution in [3.05, 3.63) is 33.7 Å². The van der Waals surface area contributed by atoms with Crippen molar-refractivity contribution in [3.63, 3.8) is 0 Å². The molecular formula is C22H31ClN6OS. The Bertz CT molecular complexity index is 1080. The Morgan fingerprint density at radius 2 is 1.90 bits per heavy atom. The molecule has 2 aromatic heterocycles. The molecule has 0 bridgehead atoms. The second kappa shape index (κ2) is 10.3. The van der Waals surface area contributed by atoms with Crippen LogP contribution in [0.25, 0.3) is 21.5 Å². The van der Waals surface area contributed by atoms with Crippen LogP contribution in [0.5, 0.6) is 0 Å². The molecule has 0 fully saturated rings. The number of rotatable bonds is 6. The number of nitrogens with zero attached hydrogens (tertiary/aromatic N) is 2. The topological polar surface area (TPSA) is 133 Å². The van der Waals surface area contributed by atoms with Crippen molar-refractivity contribution >= 4 is 50.7 Å². The number of aromatic nitrogens is 2. The highest BCUT2D eigenvalue weighted by atomic mass is 35.5. The molecule has 7 nitrogen and oxygen atoms in total. The van der Waals surface area contributed by atoms with Crippen molar-refractivity contribution in [2.45, 2.75) is 41.0 Å². The van der Waals surface area contributed by atoms with E-state index in [2.05, 4.69) is 29.1 Å². The molecule has 0 radical (unpaired) electrons. The number of aryl methyl sites for hydroxylation is 1. The number of benzene rings is 1. The van der Waals surface area contributed by atoms with Gasteiger partial charge < -0.3 is 22.5 Å². The third-order valence-electron chi connectivity index (χ3n) is 4.54. The Hall–Kier alpha value is -2.42. The Morgan fingerprint density at radius 3 is 2.45 bits per heavy atom. The highest BCUT2D eigenvalue weighted by Gasteiger charge is 2.22. The number of anilines is 2. The van der Waals surface area contributed by atoms with Gasteiger partial charge in [0.2, 0.25) is 5.95 Å². The van der Waals surface area contributed by atoms with E-state index in [1.807, 2.05) is 39.0 Å². The Labute approximate surface area is 192 Å². The predicted molar refractivity (Wildman–Crippen MR) is 133 cm³/mol. The van der Waals surface area contributed by atoms with Crippen LogP contribution in [0.15, 0.2) is 18.2 Å². The first kappa shape index (κ1) is 24.8. The first-order chi connectivity index (χ1) is 14.5. The molecule has 0 aliphatic carbocycles. The summed E-state index contributed by atoms with van der Waals surface area (Å²) < 4.78 is 0. The fourth-order valence-electron chi connectivity index (χ4n) is 2.62. The average molecular weight is 463 g/mol. The van der Waals surface area contributed by atoms with Gasteiger partial charge in [-0.15, -0.1) is 11.3 Å². The maximum Gasteiger partial charge on any atom is 0.260 e. The Balaban J connectivity index is 0.00000107. The normalized spacial score (nSPS) is 11.2. The highest BCUT2D eigenvalue weighted by molar-refractivity contribution is 7.21. The molecule has 168 valence electrons. The van der Waals surface area contributed by atoms with Crippen molar-refractivity contribution < 1.29 is 4.79 Å². The maximum absolute atomic E-state index is 11.8. The smallest absolute Gasteiger partial charge is 0.260 e. The number of fused-ring (bicyclic) bond motifs is 1. The zero-order valence-corrected chi connectivity index (χ0v) is 20.2. The van der Waals surface area contributed by atoms with E-state index < -0.39 is 5.91 Å². The number of nitrogens with one attached hydrogen (secondary N) is 1. The number of nitrogens with two attached hydrogens (primary N) is 3. The number of carbonyl (C=O) groups excluding carboxylic acids is 1. The van der Waals surface area contributed by atoms with Crippen LogP contribution in [0.2, 0.25) is 5.02 Å². The SMILES string of the molecule is CCC.Cc1ccc(-c2nc(NCC(C)(C)CN)nc3sc(C(N)=O)c(N)c23)cc1Cl. The molecule has 0 spiro atoms. The lowest BCUT2D eigenvalue weighted by atomic mass is 9.94. The molecule has 0 saturated carbocycles. The van der Waals surface area contributed by atoms with Crippen LogP contribution in [-0.4, -0.2) is 29.0 Å². The predicted octanol–water partition coefficient (Wildman–Crippen LogP) is 4.81. The average Bonchev–Trinajstić information content (AvgIpc) is 3.05. The zero-order chi connectivity index (χ0) is 23.3. The molecular weight excluding hydrogens is 432 g/mol. The van der Waals surface area contributed by atoms with Crippen LogP contribution in [0, 0.1) is 12.3 Å². The number of carbonyl (C=O) groups is 1. The lowest BCUT2D eigenvalue weighted by molar-refractivity contribution is 0.100. The molecule has 1 amide bonds. The molecule has 0 unspecified atom stereocenters. The minimum Gasteiger partial charge on any atom is -0.397 e. The Kier molecular flexibility index (Phi) is 8.22. The number of halogens is 1. The third-order valence-corrected chi connectivity index (χ3v) is 6.06. The molecule has 3 rings (SSSR count). The summed E-state index contributed by atoms with van der Waals surface area (Å²) in [6, 6.07) is 5.65. The van der Waals surface area contributed by atoms with Gasteiger partial charge in [0.1, 0.15) is 9.71 Å². The summed E-state index contributed by atoms with van der Waals surface area (Å²) in [4.78, 5) is 21.8. The summed E-state index contributed by atoms with van der Waals surface area (Å²) in [5.74, 6) is -0.162. The van der Waals surface area contributed by atoms with E-state index in [4.69, 9.17) is 28.8 Å². The lowest BCUT2D eigenvalue weighted by Crippen LogP contribution is -2.31. The quantitative estimate of drug-likeness (QED) is 0.415. The first-order valence-electron chi connectivity index (χ1n) is 10.1. The molecule has 2 heterocycles. The number of amides is 1. The maximum atomic E-state index is 11.8. The molecule has 31 heavy (non-hydrogen) atoms. The van der Waals surface area contributed by atoms with Crippen LogP contribution in [0.3, 0.4) is 0 Å². The van der Waals surface area contributed by atoms with Gasteiger partial charge in [-0.05, 0) is 30.5 Å². The van der Waals surface area contributed by atoms with Gasteiger partial charge in [-0.1, -0.05) is 57.8 Å². The minimum absolute atomic E-state index is 0.126. The summed E-state index contributed by atoms with van der Waals surface area (Å²) in [6.45, 7) is 11.4. The van der Waals surface area contributed by atoms with Crippen molar-refractivity contribution in [1.29, 1.82) is 0 Å². The van der Waals surface area contributed by atoms with Crippen LogP contribution < -0.4 is 22.5 Å². The van der Waals surface area contributed by atoms with Crippen LogP contribution in [0.1, 0.15) is 49.4 Å². The van der Waals surface area contributed by atoms with Crippen LogP contribution in [-0.2, 0) is 0 Å². The van der Waals surface area contributed by atoms with Gasteiger partial charge in [-0.2, -0.15) is 0 Å². The monoisotopic (exact) mass is 462 g/mol. The second-order valence-electron chi connectivity index (χ2n) is 8.18. The van der Waals surface area contributed by atoms with Gasteiger partial charge in [0.25, 0.3) is 5.91 Å². The van der Waals surface area contributed by atoms with Gasteiger partial charge in [0, 0.05) is 17.1 Å². The van der Waals surface area contributed by atoms with Crippen molar-refractivity contribution in [2.75, 3.05) is 24.1 Å². The van der Waals surface area contributed by atoms with Gasteiger partial charge >= 0.3 is 0 Å². The molecule has 0 saturated heterocycles. The van der Waals surface area contributed by atoms with Crippen LogP contribution in [0.4, 0.5) is 11.6 Å². The van der Waals surface area contributed by atoms with E-state index in [-0.39, 0.29) is 16.0 Å². The molecule has 0 atom stereocenters. The van der Waals surface area contributed by atoms with Crippen LogP contribution >= 0.6 is 22.9 Å². The molecule has 7 N–H and O–H groups in total. The number of nitrogen functional groups attached to an aromatic ring is 1. The number of hydrogen-bond donors (Lipinski definition) is 4. The summed E-state index contributed by atoms with van der Waals surface area (Å²) in [6.07, 6.45) is 1.25. The van der Waals surface area contributed by atoms with E-state index in [1.165, 1.54) is 6.42 Å². The van der Waals surface area contributed by atoms with Crippen molar-refractivity contribution in [1.82, 2.24) is 9.97 Å². The Morgan fingerprint density at radius 1 is 1.26 bits per heavy atom. The fourth-order valence-corrected chi connectivity index (χ4v) is 3.75. The number of primary amides is 1. The van der Waals surface area contributed by atoms with Gasteiger partial charge in [0.15, 0.2) is 0 Å². The number of thiophene rings is 1. The molecule has 0 aliphatic heterocycles. The third kappa shape index (κ3) is 5.84. The molecule has 1 aromatic carbocycles. The summed E-state index contributed by atoms with van der Waals surface area (Å²) in [7, 11) is 0. The molecule has 3 aromatic rings. The van der Waals surface area contributed by atoms with Crippen molar-refractivity contribution in [3.8, 4) is 11.3 Å². The minimum atomic E-state index is -0.591. The van der Waals surface area contributed by atoms with Gasteiger partial charge in [-0.25, -0.2) is 9.97 Å². The lowest BCUT2D eigenvalue weighted by Gasteiger charge is -2.22. The van der Waals surface area contributed by atoms with Crippen molar-refractivity contribution in [2.24, 2.45) is 16.9 Å². The second-order valence-corrected chi connectivity index (χ2v) is 9.58. The molecule has 9 heteroatoms. The largest absolute Gasteiger partial charge is 0.397 e.